The first-order valence-electron chi connectivity index (χ1n) is 15.5. The molecule has 0 N–H and O–H groups in total. The van der Waals surface area contributed by atoms with Crippen LogP contribution in [0.15, 0.2) is 12.1 Å². The highest BCUT2D eigenvalue weighted by Gasteiger charge is 2.46. The summed E-state index contributed by atoms with van der Waals surface area (Å²) in [6.45, 7) is 12.8. The van der Waals surface area contributed by atoms with Crippen molar-refractivity contribution < 1.29 is 38.1 Å². The summed E-state index contributed by atoms with van der Waals surface area (Å²) in [5, 5.41) is -1.47. The van der Waals surface area contributed by atoms with Gasteiger partial charge in [0, 0.05) is 0 Å². The second-order valence-corrected chi connectivity index (χ2v) is 15.9. The van der Waals surface area contributed by atoms with Gasteiger partial charge < -0.3 is 18.9 Å². The lowest BCUT2D eigenvalue weighted by Crippen LogP contribution is -2.44. The Kier molecular flexibility index (Phi) is 12.2. The second-order valence-electron chi connectivity index (χ2n) is 13.5. The molecule has 0 aliphatic heterocycles. The van der Waals surface area contributed by atoms with E-state index in [2.05, 4.69) is 41.5 Å². The standard InChI is InChI=1S/C34H36Cl6O8/c1-15(2)33(5)9-7-17(33)13-45-29(41)23-25(39)19(35)11-21(37)27(23)47-31(43)32(44)48-28-22(38)12-20(36)26(40)24(28)30(42)46-14-18-8-10-34(18,6)16(3)4/h11-12,15-18H,7-10,13-14H2,1-6H3. The van der Waals surface area contributed by atoms with Crippen molar-refractivity contribution >= 4 is 93.5 Å². The molecule has 0 aromatic heterocycles. The minimum atomic E-state index is -1.64. The molecule has 2 aliphatic rings. The van der Waals surface area contributed by atoms with E-state index in [1.54, 1.807) is 0 Å². The van der Waals surface area contributed by atoms with Crippen molar-refractivity contribution in [2.45, 2.75) is 67.2 Å². The summed E-state index contributed by atoms with van der Waals surface area (Å²) >= 11 is 37.6. The van der Waals surface area contributed by atoms with E-state index in [-0.39, 0.29) is 66.0 Å². The maximum atomic E-state index is 13.3. The zero-order chi connectivity index (χ0) is 35.9. The number of carbonyl (C=O) groups excluding carboxylic acids is 4. The zero-order valence-electron chi connectivity index (χ0n) is 27.2. The lowest BCUT2D eigenvalue weighted by Gasteiger charge is -2.50. The summed E-state index contributed by atoms with van der Waals surface area (Å²) in [7, 11) is 0. The fourth-order valence-corrected chi connectivity index (χ4v) is 7.60. The zero-order valence-corrected chi connectivity index (χ0v) is 31.8. The van der Waals surface area contributed by atoms with E-state index < -0.39 is 46.5 Å². The molecule has 14 heteroatoms. The van der Waals surface area contributed by atoms with Gasteiger partial charge >= 0.3 is 23.9 Å². The topological polar surface area (TPSA) is 105 Å². The number of ether oxygens (including phenoxy) is 4. The number of rotatable bonds is 10. The highest BCUT2D eigenvalue weighted by atomic mass is 35.5. The molecular weight excluding hydrogens is 749 g/mol. The van der Waals surface area contributed by atoms with E-state index in [0.29, 0.717) is 11.8 Å². The third-order valence-corrected chi connectivity index (χ3v) is 12.8. The molecule has 2 aliphatic carbocycles. The second kappa shape index (κ2) is 15.1. The summed E-state index contributed by atoms with van der Waals surface area (Å²) in [5.41, 5.74) is -0.944. The van der Waals surface area contributed by atoms with Crippen LogP contribution in [0, 0.1) is 34.5 Å². The Morgan fingerprint density at radius 3 is 1.25 bits per heavy atom. The Morgan fingerprint density at radius 1 is 0.646 bits per heavy atom. The maximum Gasteiger partial charge on any atom is 0.423 e. The number of carbonyl (C=O) groups is 4. The largest absolute Gasteiger partial charge is 0.462 e. The molecule has 0 radical (unpaired) electrons. The lowest BCUT2D eigenvalue weighted by atomic mass is 9.56. The fourth-order valence-electron chi connectivity index (χ4n) is 6.16. The van der Waals surface area contributed by atoms with Gasteiger partial charge in [-0.05, 0) is 72.3 Å². The van der Waals surface area contributed by atoms with Crippen LogP contribution in [0.3, 0.4) is 0 Å². The van der Waals surface area contributed by atoms with Crippen LogP contribution in [0.5, 0.6) is 11.5 Å². The number of halogens is 6. The van der Waals surface area contributed by atoms with Crippen molar-refractivity contribution in [3.05, 3.63) is 53.4 Å². The van der Waals surface area contributed by atoms with Crippen molar-refractivity contribution in [2.24, 2.45) is 34.5 Å². The van der Waals surface area contributed by atoms with Gasteiger partial charge in [0.15, 0.2) is 11.5 Å². The Labute approximate surface area is 309 Å². The van der Waals surface area contributed by atoms with Gasteiger partial charge in [-0.15, -0.1) is 0 Å². The van der Waals surface area contributed by atoms with Crippen LogP contribution in [0.4, 0.5) is 0 Å². The molecule has 2 fully saturated rings. The number of hydrogen-bond acceptors (Lipinski definition) is 8. The monoisotopic (exact) mass is 782 g/mol. The summed E-state index contributed by atoms with van der Waals surface area (Å²) in [6, 6.07) is 2.27. The molecule has 4 unspecified atom stereocenters. The smallest absolute Gasteiger partial charge is 0.423 e. The predicted octanol–water partition coefficient (Wildman–Crippen LogP) is 10.6. The summed E-state index contributed by atoms with van der Waals surface area (Å²) in [6.07, 6.45) is 3.71. The molecule has 4 atom stereocenters. The van der Waals surface area contributed by atoms with Crippen molar-refractivity contribution in [3.63, 3.8) is 0 Å². The highest BCUT2D eigenvalue weighted by Crippen LogP contribution is 2.53. The van der Waals surface area contributed by atoms with Crippen LogP contribution in [-0.2, 0) is 19.1 Å². The molecule has 262 valence electrons. The molecule has 0 bridgehead atoms. The summed E-state index contributed by atoms with van der Waals surface area (Å²) < 4.78 is 21.6. The molecule has 0 spiro atoms. The third-order valence-electron chi connectivity index (χ3n) is 10.6. The van der Waals surface area contributed by atoms with Crippen molar-refractivity contribution in [2.75, 3.05) is 13.2 Å². The molecule has 0 heterocycles. The summed E-state index contributed by atoms with van der Waals surface area (Å²) in [5.74, 6) is -5.44. The van der Waals surface area contributed by atoms with Crippen LogP contribution in [0.1, 0.15) is 87.9 Å². The van der Waals surface area contributed by atoms with Gasteiger partial charge in [0.05, 0.1) is 43.3 Å². The van der Waals surface area contributed by atoms with Gasteiger partial charge in [-0.1, -0.05) is 111 Å². The fraction of sp³-hybridized carbons (Fsp3) is 0.529. The minimum Gasteiger partial charge on any atom is -0.462 e. The molecular formula is C34H36Cl6O8. The van der Waals surface area contributed by atoms with Gasteiger partial charge in [0.25, 0.3) is 0 Å². The SMILES string of the molecule is CC(C)C1(C)CCC1COC(=O)c1c(Cl)c(Cl)cc(Cl)c1OC(=O)C(=O)Oc1c(Cl)cc(Cl)c(Cl)c1C(=O)OCC1CCC1(C)C(C)C. The Bertz CT molecular complexity index is 1520. The highest BCUT2D eigenvalue weighted by molar-refractivity contribution is 6.47. The first kappa shape index (κ1) is 38.9. The predicted molar refractivity (Wildman–Crippen MR) is 186 cm³/mol. The molecule has 2 saturated carbocycles. The van der Waals surface area contributed by atoms with Gasteiger partial charge in [0.2, 0.25) is 0 Å². The van der Waals surface area contributed by atoms with E-state index in [4.69, 9.17) is 88.6 Å². The number of esters is 4. The molecule has 0 amide bonds. The van der Waals surface area contributed by atoms with Gasteiger partial charge in [0.1, 0.15) is 11.1 Å². The summed E-state index contributed by atoms with van der Waals surface area (Å²) in [4.78, 5) is 52.7. The average Bonchev–Trinajstić information content (AvgIpc) is 3.00. The Hall–Kier alpha value is -1.94. The van der Waals surface area contributed by atoms with E-state index in [9.17, 15) is 19.2 Å². The Morgan fingerprint density at radius 2 is 0.979 bits per heavy atom. The minimum absolute atomic E-state index is 0.0158. The molecule has 0 saturated heterocycles. The maximum absolute atomic E-state index is 13.3. The van der Waals surface area contributed by atoms with Crippen LogP contribution in [0.2, 0.25) is 30.1 Å². The van der Waals surface area contributed by atoms with Gasteiger partial charge in [-0.3, -0.25) is 0 Å². The van der Waals surface area contributed by atoms with Crippen LogP contribution in [0.25, 0.3) is 0 Å². The molecule has 48 heavy (non-hydrogen) atoms. The lowest BCUT2D eigenvalue weighted by molar-refractivity contribution is -0.156. The van der Waals surface area contributed by atoms with E-state index in [1.165, 1.54) is 0 Å². The number of hydrogen-bond donors (Lipinski definition) is 0. The van der Waals surface area contributed by atoms with Crippen molar-refractivity contribution in [1.29, 1.82) is 0 Å². The quantitative estimate of drug-likeness (QED) is 0.101. The third kappa shape index (κ3) is 7.54. The van der Waals surface area contributed by atoms with E-state index in [1.807, 2.05) is 0 Å². The van der Waals surface area contributed by atoms with Gasteiger partial charge in [-0.2, -0.15) is 0 Å². The molecule has 4 rings (SSSR count). The van der Waals surface area contributed by atoms with E-state index in [0.717, 1.165) is 37.8 Å². The molecule has 8 nitrogen and oxygen atoms in total. The van der Waals surface area contributed by atoms with Crippen LogP contribution >= 0.6 is 69.6 Å². The first-order chi connectivity index (χ1) is 22.3. The van der Waals surface area contributed by atoms with Crippen molar-refractivity contribution in [1.82, 2.24) is 0 Å². The van der Waals surface area contributed by atoms with Crippen molar-refractivity contribution in [3.8, 4) is 11.5 Å². The number of benzene rings is 2. The van der Waals surface area contributed by atoms with Crippen LogP contribution < -0.4 is 9.47 Å². The molecule has 2 aromatic rings. The normalized spacial score (nSPS) is 23.3. The first-order valence-corrected chi connectivity index (χ1v) is 17.7. The Balaban J connectivity index is 1.54. The average molecular weight is 785 g/mol. The van der Waals surface area contributed by atoms with E-state index >= 15 is 0 Å². The molecule has 2 aromatic carbocycles. The van der Waals surface area contributed by atoms with Gasteiger partial charge in [-0.25, -0.2) is 19.2 Å². The van der Waals surface area contributed by atoms with Crippen LogP contribution in [-0.4, -0.2) is 37.1 Å².